The molecule has 0 radical (unpaired) electrons. The Morgan fingerprint density at radius 3 is 2.65 bits per heavy atom. The van der Waals surface area contributed by atoms with E-state index in [1.807, 2.05) is 0 Å². The van der Waals surface area contributed by atoms with Gasteiger partial charge < -0.3 is 9.84 Å². The summed E-state index contributed by atoms with van der Waals surface area (Å²) in [5, 5.41) is 10.7. The predicted octanol–water partition coefficient (Wildman–Crippen LogP) is 1.02. The van der Waals surface area contributed by atoms with Gasteiger partial charge >= 0.3 is 0 Å². The van der Waals surface area contributed by atoms with Crippen LogP contribution in [0.2, 0.25) is 0 Å². The Balaban J connectivity index is 2.38. The van der Waals surface area contributed by atoms with Crippen molar-refractivity contribution < 1.29 is 22.1 Å². The minimum absolute atomic E-state index is 0.132. The first-order valence-electron chi connectivity index (χ1n) is 5.34. The first-order valence-corrected chi connectivity index (χ1v) is 6.89. The summed E-state index contributed by atoms with van der Waals surface area (Å²) < 4.78 is 40.6. The standard InChI is InChI=1S/C11H10FN3O4S/c1-6-4-9(19-15-6)11(16)14-8-5-7(12)2-3-10(8)20(13,17)18/h2-5H,1H3,(H,14,16)(H2,13,17,18). The monoisotopic (exact) mass is 299 g/mol. The van der Waals surface area contributed by atoms with Gasteiger partial charge in [0.25, 0.3) is 5.91 Å². The smallest absolute Gasteiger partial charge is 0.294 e. The first-order chi connectivity index (χ1) is 9.27. The van der Waals surface area contributed by atoms with E-state index in [9.17, 15) is 17.6 Å². The van der Waals surface area contributed by atoms with Gasteiger partial charge in [-0.3, -0.25) is 4.79 Å². The van der Waals surface area contributed by atoms with Crippen LogP contribution in [-0.2, 0) is 10.0 Å². The molecule has 0 bridgehead atoms. The summed E-state index contributed by atoms with van der Waals surface area (Å²) in [7, 11) is -4.10. The van der Waals surface area contributed by atoms with Gasteiger partial charge in [0.05, 0.1) is 11.4 Å². The number of hydrogen-bond donors (Lipinski definition) is 2. The number of primary sulfonamides is 1. The lowest BCUT2D eigenvalue weighted by molar-refractivity contribution is 0.0987. The summed E-state index contributed by atoms with van der Waals surface area (Å²) in [6, 6.07) is 4.09. The molecule has 1 heterocycles. The molecule has 0 fully saturated rings. The zero-order chi connectivity index (χ0) is 14.9. The highest BCUT2D eigenvalue weighted by atomic mass is 32.2. The van der Waals surface area contributed by atoms with Crippen LogP contribution in [0, 0.1) is 12.7 Å². The van der Waals surface area contributed by atoms with Crippen LogP contribution in [0.1, 0.15) is 16.2 Å². The fourth-order valence-electron chi connectivity index (χ4n) is 1.50. The van der Waals surface area contributed by atoms with Crippen molar-refractivity contribution >= 4 is 21.6 Å². The van der Waals surface area contributed by atoms with Crippen LogP contribution in [0.5, 0.6) is 0 Å². The number of anilines is 1. The van der Waals surface area contributed by atoms with Crippen molar-refractivity contribution in [2.45, 2.75) is 11.8 Å². The molecule has 0 aliphatic heterocycles. The average molecular weight is 299 g/mol. The third kappa shape index (κ3) is 3.00. The lowest BCUT2D eigenvalue weighted by Gasteiger charge is -2.08. The summed E-state index contributed by atoms with van der Waals surface area (Å²) in [5.74, 6) is -1.62. The Kier molecular flexibility index (Phi) is 3.55. The number of sulfonamides is 1. The number of nitrogens with one attached hydrogen (secondary N) is 1. The number of aromatic nitrogens is 1. The van der Waals surface area contributed by atoms with E-state index in [2.05, 4.69) is 10.5 Å². The maximum absolute atomic E-state index is 13.2. The van der Waals surface area contributed by atoms with Crippen molar-refractivity contribution in [3.8, 4) is 0 Å². The third-order valence-corrected chi connectivity index (χ3v) is 3.32. The van der Waals surface area contributed by atoms with E-state index in [0.717, 1.165) is 18.2 Å². The number of carbonyl (C=O) groups is 1. The lowest BCUT2D eigenvalue weighted by atomic mass is 10.3. The lowest BCUT2D eigenvalue weighted by Crippen LogP contribution is -2.18. The molecule has 0 spiro atoms. The van der Waals surface area contributed by atoms with E-state index in [1.165, 1.54) is 6.07 Å². The molecule has 7 nitrogen and oxygen atoms in total. The minimum Gasteiger partial charge on any atom is -0.351 e. The van der Waals surface area contributed by atoms with Gasteiger partial charge in [-0.2, -0.15) is 0 Å². The Morgan fingerprint density at radius 1 is 1.40 bits per heavy atom. The fourth-order valence-corrected chi connectivity index (χ4v) is 2.18. The summed E-state index contributed by atoms with van der Waals surface area (Å²) in [4.78, 5) is 11.4. The van der Waals surface area contributed by atoms with Crippen molar-refractivity contribution in [2.75, 3.05) is 5.32 Å². The van der Waals surface area contributed by atoms with Gasteiger partial charge in [0.15, 0.2) is 0 Å². The van der Waals surface area contributed by atoms with Crippen molar-refractivity contribution in [2.24, 2.45) is 5.14 Å². The zero-order valence-corrected chi connectivity index (χ0v) is 11.1. The first kappa shape index (κ1) is 14.2. The molecule has 0 atom stereocenters. The quantitative estimate of drug-likeness (QED) is 0.878. The molecule has 0 unspecified atom stereocenters. The Bertz CT molecular complexity index is 770. The van der Waals surface area contributed by atoms with Crippen LogP contribution in [0.25, 0.3) is 0 Å². The Morgan fingerprint density at radius 2 is 2.10 bits per heavy atom. The summed E-state index contributed by atoms with van der Waals surface area (Å²) in [6.07, 6.45) is 0. The number of aryl methyl sites for hydroxylation is 1. The van der Waals surface area contributed by atoms with Gasteiger partial charge in [0, 0.05) is 6.07 Å². The second-order valence-corrected chi connectivity index (χ2v) is 5.50. The van der Waals surface area contributed by atoms with Crippen LogP contribution in [0.15, 0.2) is 33.7 Å². The number of hydrogen-bond acceptors (Lipinski definition) is 5. The molecule has 1 amide bonds. The van der Waals surface area contributed by atoms with Crippen molar-refractivity contribution in [1.29, 1.82) is 0 Å². The molecule has 2 aromatic rings. The van der Waals surface area contributed by atoms with Crippen LogP contribution in [0.3, 0.4) is 0 Å². The second-order valence-electron chi connectivity index (χ2n) is 3.97. The molecule has 0 aliphatic rings. The van der Waals surface area contributed by atoms with E-state index in [4.69, 9.17) is 9.66 Å². The number of halogens is 1. The molecule has 0 saturated carbocycles. The fraction of sp³-hybridized carbons (Fsp3) is 0.0909. The molecule has 1 aromatic heterocycles. The van der Waals surface area contributed by atoms with E-state index >= 15 is 0 Å². The van der Waals surface area contributed by atoms with Gasteiger partial charge in [-0.05, 0) is 25.1 Å². The number of carbonyl (C=O) groups excluding carboxylic acids is 1. The molecular formula is C11H10FN3O4S. The zero-order valence-electron chi connectivity index (χ0n) is 10.3. The second kappa shape index (κ2) is 5.02. The Labute approximate surface area is 113 Å². The van der Waals surface area contributed by atoms with E-state index in [-0.39, 0.29) is 11.4 Å². The topological polar surface area (TPSA) is 115 Å². The molecule has 0 aliphatic carbocycles. The molecule has 9 heteroatoms. The van der Waals surface area contributed by atoms with E-state index in [0.29, 0.717) is 5.69 Å². The number of nitrogens with zero attached hydrogens (tertiary/aromatic N) is 1. The molecule has 106 valence electrons. The van der Waals surface area contributed by atoms with Gasteiger partial charge in [0.1, 0.15) is 10.7 Å². The highest BCUT2D eigenvalue weighted by Gasteiger charge is 2.19. The number of benzene rings is 1. The molecule has 0 saturated heterocycles. The normalized spacial score (nSPS) is 11.3. The molecule has 2 rings (SSSR count). The third-order valence-electron chi connectivity index (χ3n) is 2.35. The largest absolute Gasteiger partial charge is 0.351 e. The van der Waals surface area contributed by atoms with Crippen LogP contribution < -0.4 is 10.5 Å². The average Bonchev–Trinajstić information content (AvgIpc) is 2.74. The van der Waals surface area contributed by atoms with Crippen LogP contribution in [-0.4, -0.2) is 19.5 Å². The number of nitrogens with two attached hydrogens (primary N) is 1. The van der Waals surface area contributed by atoms with Crippen LogP contribution in [0.4, 0.5) is 10.1 Å². The maximum atomic E-state index is 13.2. The van der Waals surface area contributed by atoms with Crippen molar-refractivity contribution in [3.05, 3.63) is 41.5 Å². The van der Waals surface area contributed by atoms with Gasteiger partial charge in [-0.15, -0.1) is 0 Å². The predicted molar refractivity (Wildman–Crippen MR) is 67.0 cm³/mol. The number of rotatable bonds is 3. The highest BCUT2D eigenvalue weighted by Crippen LogP contribution is 2.22. The van der Waals surface area contributed by atoms with Crippen LogP contribution >= 0.6 is 0 Å². The Hall–Kier alpha value is -2.26. The molecular weight excluding hydrogens is 289 g/mol. The molecule has 20 heavy (non-hydrogen) atoms. The summed E-state index contributed by atoms with van der Waals surface area (Å²) in [6.45, 7) is 1.61. The highest BCUT2D eigenvalue weighted by molar-refractivity contribution is 7.89. The van der Waals surface area contributed by atoms with Crippen molar-refractivity contribution in [3.63, 3.8) is 0 Å². The number of amides is 1. The van der Waals surface area contributed by atoms with Gasteiger partial charge in [-0.1, -0.05) is 5.16 Å². The molecule has 3 N–H and O–H groups in total. The van der Waals surface area contributed by atoms with Gasteiger partial charge in [0.2, 0.25) is 15.8 Å². The SMILES string of the molecule is Cc1cc(C(=O)Nc2cc(F)ccc2S(N)(=O)=O)on1. The van der Waals surface area contributed by atoms with E-state index < -0.39 is 26.6 Å². The van der Waals surface area contributed by atoms with E-state index in [1.54, 1.807) is 6.92 Å². The maximum Gasteiger partial charge on any atom is 0.294 e. The summed E-state index contributed by atoms with van der Waals surface area (Å²) in [5.41, 5.74) is 0.201. The van der Waals surface area contributed by atoms with Crippen molar-refractivity contribution in [1.82, 2.24) is 5.16 Å². The molecule has 1 aromatic carbocycles. The van der Waals surface area contributed by atoms with Gasteiger partial charge in [-0.25, -0.2) is 17.9 Å². The minimum atomic E-state index is -4.10. The summed E-state index contributed by atoms with van der Waals surface area (Å²) >= 11 is 0.